The molecular weight excluding hydrogens is 425 g/mol. The molecule has 6 N–H and O–H groups in total. The highest BCUT2D eigenvalue weighted by atomic mass is 19.1. The fourth-order valence-corrected chi connectivity index (χ4v) is 3.70. The Balaban J connectivity index is 1.92. The maximum Gasteiger partial charge on any atom is 0.252 e. The molecule has 0 aliphatic rings. The highest BCUT2D eigenvalue weighted by Gasteiger charge is 2.21. The van der Waals surface area contributed by atoms with Crippen LogP contribution in [-0.4, -0.2) is 46.5 Å². The van der Waals surface area contributed by atoms with E-state index < -0.39 is 11.7 Å². The summed E-state index contributed by atoms with van der Waals surface area (Å²) in [6.07, 6.45) is 4.13. The summed E-state index contributed by atoms with van der Waals surface area (Å²) in [6, 6.07) is 6.41. The molecule has 3 rings (SSSR count). The number of rotatable bonds is 12. The van der Waals surface area contributed by atoms with E-state index in [1.165, 1.54) is 0 Å². The largest absolute Gasteiger partial charge is 0.383 e. The van der Waals surface area contributed by atoms with Crippen LogP contribution < -0.4 is 22.1 Å². The van der Waals surface area contributed by atoms with Crippen LogP contribution in [0.2, 0.25) is 0 Å². The van der Waals surface area contributed by atoms with Crippen LogP contribution in [0.25, 0.3) is 10.9 Å². The Morgan fingerprint density at radius 3 is 2.73 bits per heavy atom. The van der Waals surface area contributed by atoms with Crippen molar-refractivity contribution in [3.8, 4) is 0 Å². The fourth-order valence-electron chi connectivity index (χ4n) is 3.70. The summed E-state index contributed by atoms with van der Waals surface area (Å²) in [4.78, 5) is 16.3. The topological polar surface area (TPSA) is 133 Å². The lowest BCUT2D eigenvalue weighted by molar-refractivity contribution is 0.100. The van der Waals surface area contributed by atoms with Crippen LogP contribution >= 0.6 is 0 Å². The van der Waals surface area contributed by atoms with Crippen LogP contribution in [-0.2, 0) is 11.3 Å². The monoisotopic (exact) mass is 457 g/mol. The Kier molecular flexibility index (Phi) is 8.18. The number of fused-ring (bicyclic) bond motifs is 1. The van der Waals surface area contributed by atoms with Gasteiger partial charge in [-0.05, 0) is 37.1 Å². The summed E-state index contributed by atoms with van der Waals surface area (Å²) in [6.45, 7) is 5.20. The van der Waals surface area contributed by atoms with E-state index in [0.717, 1.165) is 36.2 Å². The van der Waals surface area contributed by atoms with Gasteiger partial charge in [-0.15, -0.1) is 0 Å². The number of nitrogens with one attached hydrogen (secondary N) is 2. The van der Waals surface area contributed by atoms with E-state index in [4.69, 9.17) is 16.2 Å². The smallest absolute Gasteiger partial charge is 0.252 e. The molecule has 1 amide bonds. The Hall–Kier alpha value is -3.24. The van der Waals surface area contributed by atoms with Gasteiger partial charge in [0.05, 0.1) is 30.4 Å². The van der Waals surface area contributed by atoms with Crippen LogP contribution in [0, 0.1) is 5.82 Å². The summed E-state index contributed by atoms with van der Waals surface area (Å²) >= 11 is 0. The van der Waals surface area contributed by atoms with E-state index in [2.05, 4.69) is 20.7 Å². The second-order valence-corrected chi connectivity index (χ2v) is 7.95. The number of halogens is 1. The average molecular weight is 458 g/mol. The summed E-state index contributed by atoms with van der Waals surface area (Å²) in [5.41, 5.74) is 13.3. The molecule has 0 unspecified atom stereocenters. The number of primary amides is 1. The van der Waals surface area contributed by atoms with Gasteiger partial charge in [0.1, 0.15) is 5.82 Å². The van der Waals surface area contributed by atoms with Crippen molar-refractivity contribution in [3.05, 3.63) is 41.8 Å². The van der Waals surface area contributed by atoms with E-state index in [0.29, 0.717) is 18.8 Å². The van der Waals surface area contributed by atoms with Crippen LogP contribution in [0.3, 0.4) is 0 Å². The van der Waals surface area contributed by atoms with E-state index in [1.54, 1.807) is 13.3 Å². The van der Waals surface area contributed by atoms with Crippen molar-refractivity contribution in [1.82, 2.24) is 14.8 Å². The molecule has 0 aliphatic heterocycles. The Morgan fingerprint density at radius 2 is 2.06 bits per heavy atom. The summed E-state index contributed by atoms with van der Waals surface area (Å²) in [7, 11) is 1.64. The number of aromatic nitrogens is 3. The minimum absolute atomic E-state index is 0.0262. The molecule has 0 aliphatic carbocycles. The molecule has 2 heterocycles. The van der Waals surface area contributed by atoms with Gasteiger partial charge < -0.3 is 26.8 Å². The van der Waals surface area contributed by atoms with Gasteiger partial charge in [0.15, 0.2) is 11.6 Å². The van der Waals surface area contributed by atoms with Gasteiger partial charge in [-0.2, -0.15) is 5.10 Å². The first-order valence-corrected chi connectivity index (χ1v) is 11.1. The SMILES string of the molecule is CCC[C@@H](Nc1nc(Nc2ccc3c(cnn3CCOC)c2)c(C(N)=O)cc1F)[C@@H](N)CC. The lowest BCUT2D eigenvalue weighted by atomic mass is 10.0. The Labute approximate surface area is 192 Å². The molecule has 2 atom stereocenters. The molecule has 0 saturated carbocycles. The van der Waals surface area contributed by atoms with Gasteiger partial charge in [-0.3, -0.25) is 9.48 Å². The van der Waals surface area contributed by atoms with Crippen molar-refractivity contribution in [2.45, 2.75) is 51.7 Å². The highest BCUT2D eigenvalue weighted by Crippen LogP contribution is 2.27. The molecule has 0 spiro atoms. The van der Waals surface area contributed by atoms with Crippen molar-refractivity contribution in [1.29, 1.82) is 0 Å². The van der Waals surface area contributed by atoms with Crippen molar-refractivity contribution in [2.75, 3.05) is 24.4 Å². The number of nitrogens with two attached hydrogens (primary N) is 2. The number of hydrogen-bond donors (Lipinski definition) is 4. The predicted octanol–water partition coefficient (Wildman–Crippen LogP) is 3.38. The number of nitrogens with zero attached hydrogens (tertiary/aromatic N) is 3. The van der Waals surface area contributed by atoms with Gasteiger partial charge >= 0.3 is 0 Å². The van der Waals surface area contributed by atoms with Gasteiger partial charge in [0.2, 0.25) is 0 Å². The third-order valence-corrected chi connectivity index (χ3v) is 5.56. The minimum Gasteiger partial charge on any atom is -0.383 e. The second-order valence-electron chi connectivity index (χ2n) is 7.95. The van der Waals surface area contributed by atoms with Crippen LogP contribution in [0.5, 0.6) is 0 Å². The molecule has 9 nitrogen and oxygen atoms in total. The first-order chi connectivity index (χ1) is 15.9. The van der Waals surface area contributed by atoms with Crippen LogP contribution in [0.4, 0.5) is 21.7 Å². The Morgan fingerprint density at radius 1 is 1.27 bits per heavy atom. The predicted molar refractivity (Wildman–Crippen MR) is 128 cm³/mol. The van der Waals surface area contributed by atoms with Crippen molar-refractivity contribution < 1.29 is 13.9 Å². The fraction of sp³-hybridized carbons (Fsp3) is 0.435. The van der Waals surface area contributed by atoms with E-state index in [-0.39, 0.29) is 29.3 Å². The third-order valence-electron chi connectivity index (χ3n) is 5.56. The Bertz CT molecular complexity index is 1100. The molecule has 0 radical (unpaired) electrons. The summed E-state index contributed by atoms with van der Waals surface area (Å²) in [5.74, 6) is -1.25. The first kappa shape index (κ1) is 24.4. The zero-order valence-electron chi connectivity index (χ0n) is 19.3. The lowest BCUT2D eigenvalue weighted by Gasteiger charge is -2.25. The molecule has 3 aromatic rings. The highest BCUT2D eigenvalue weighted by molar-refractivity contribution is 5.99. The number of hydrogen-bond acceptors (Lipinski definition) is 7. The number of amides is 1. The molecule has 178 valence electrons. The van der Waals surface area contributed by atoms with Gasteiger partial charge in [0.25, 0.3) is 5.91 Å². The maximum absolute atomic E-state index is 14.8. The molecule has 0 bridgehead atoms. The summed E-state index contributed by atoms with van der Waals surface area (Å²) < 4.78 is 21.8. The zero-order chi connectivity index (χ0) is 24.0. The normalized spacial score (nSPS) is 13.1. The number of carbonyl (C=O) groups excluding carboxylic acids is 1. The molecule has 0 fully saturated rings. The van der Waals surface area contributed by atoms with Crippen LogP contribution in [0.1, 0.15) is 43.5 Å². The molecule has 2 aromatic heterocycles. The lowest BCUT2D eigenvalue weighted by Crippen LogP contribution is -2.40. The van der Waals surface area contributed by atoms with Crippen molar-refractivity contribution in [3.63, 3.8) is 0 Å². The molecule has 1 aromatic carbocycles. The number of pyridine rings is 1. The first-order valence-electron chi connectivity index (χ1n) is 11.1. The van der Waals surface area contributed by atoms with Crippen molar-refractivity contribution >= 4 is 34.1 Å². The van der Waals surface area contributed by atoms with Gasteiger partial charge in [0, 0.05) is 30.3 Å². The molecule has 10 heteroatoms. The minimum atomic E-state index is -0.778. The zero-order valence-corrected chi connectivity index (χ0v) is 19.3. The number of benzene rings is 1. The van der Waals surface area contributed by atoms with E-state index >= 15 is 0 Å². The standard InChI is InChI=1S/C23H32FN7O2/c1-4-6-19(18(25)5-2)29-23-17(24)12-16(21(26)32)22(30-23)28-15-7-8-20-14(11-15)13-27-31(20)9-10-33-3/h7-8,11-13,18-19H,4-6,9-10,25H2,1-3H3,(H2,26,32)(H2,28,29,30)/t18-,19+/m0/s1. The third kappa shape index (κ3) is 5.77. The second kappa shape index (κ2) is 11.1. The molecule has 33 heavy (non-hydrogen) atoms. The van der Waals surface area contributed by atoms with Gasteiger partial charge in [-0.25, -0.2) is 9.37 Å². The number of anilines is 3. The molecular formula is C23H32FN7O2. The molecule has 0 saturated heterocycles. The van der Waals surface area contributed by atoms with Crippen molar-refractivity contribution in [2.24, 2.45) is 11.5 Å². The maximum atomic E-state index is 14.8. The van der Waals surface area contributed by atoms with Gasteiger partial charge in [-0.1, -0.05) is 20.3 Å². The van der Waals surface area contributed by atoms with E-state index in [1.807, 2.05) is 36.7 Å². The van der Waals surface area contributed by atoms with Crippen LogP contribution in [0.15, 0.2) is 30.5 Å². The van der Waals surface area contributed by atoms with E-state index in [9.17, 15) is 9.18 Å². The number of ether oxygens (including phenoxy) is 1. The number of methoxy groups -OCH3 is 1. The quantitative estimate of drug-likeness (QED) is 0.328. The number of carbonyl (C=O) groups is 1. The summed E-state index contributed by atoms with van der Waals surface area (Å²) in [5, 5.41) is 11.5. The average Bonchev–Trinajstić information content (AvgIpc) is 3.20.